The minimum absolute atomic E-state index is 0.632. The van der Waals surface area contributed by atoms with Crippen molar-refractivity contribution >= 4 is 34.0 Å². The second-order valence-electron chi connectivity index (χ2n) is 7.45. The molecule has 0 N–H and O–H groups in total. The topological polar surface area (TPSA) is 65.3 Å². The maximum atomic E-state index is 5.94. The molecule has 4 aromatic rings. The summed E-state index contributed by atoms with van der Waals surface area (Å²) in [5.41, 5.74) is 5.38. The first kappa shape index (κ1) is 21.9. The van der Waals surface area contributed by atoms with Crippen LogP contribution in [0.5, 0.6) is 11.5 Å². The first-order valence-electron chi connectivity index (χ1n) is 10.4. The summed E-state index contributed by atoms with van der Waals surface area (Å²) < 4.78 is 12.7. The molecule has 0 aliphatic heterocycles. The molecule has 2 aromatic heterocycles. The predicted octanol–water partition coefficient (Wildman–Crippen LogP) is 5.20. The van der Waals surface area contributed by atoms with Crippen LogP contribution in [0.4, 0.5) is 11.4 Å². The lowest BCUT2D eigenvalue weighted by atomic mass is 10.1. The lowest BCUT2D eigenvalue weighted by Gasteiger charge is -2.26. The summed E-state index contributed by atoms with van der Waals surface area (Å²) in [6, 6.07) is 12.0. The summed E-state index contributed by atoms with van der Waals surface area (Å²) in [6.45, 7) is 0.796. The van der Waals surface area contributed by atoms with E-state index in [-0.39, 0.29) is 0 Å². The summed E-state index contributed by atoms with van der Waals surface area (Å²) in [6.07, 6.45) is 7.38. The molecule has 4 rings (SSSR count). The Balaban J connectivity index is 1.77. The monoisotopic (exact) mass is 451 g/mol. The third kappa shape index (κ3) is 4.78. The first-order chi connectivity index (χ1) is 15.6. The third-order valence-corrected chi connectivity index (χ3v) is 5.52. The van der Waals surface area contributed by atoms with Crippen molar-refractivity contribution in [3.8, 4) is 22.8 Å². The highest BCUT2D eigenvalue weighted by atomic mass is 35.5. The maximum absolute atomic E-state index is 5.94. The van der Waals surface area contributed by atoms with Gasteiger partial charge in [0.1, 0.15) is 11.5 Å². The molecule has 7 nitrogen and oxygen atoms in total. The molecule has 0 aliphatic carbocycles. The molecule has 0 amide bonds. The van der Waals surface area contributed by atoms with Crippen LogP contribution in [-0.2, 0) is 7.05 Å². The molecule has 0 fully saturated rings. The number of alkyl halides is 1. The van der Waals surface area contributed by atoms with Crippen LogP contribution in [0.25, 0.3) is 22.3 Å². The maximum Gasteiger partial charge on any atom is 0.124 e. The number of aryl methyl sites for hydroxylation is 1. The average molecular weight is 452 g/mol. The lowest BCUT2D eigenvalue weighted by Crippen LogP contribution is -2.19. The van der Waals surface area contributed by atoms with Crippen molar-refractivity contribution in [3.05, 3.63) is 55.0 Å². The van der Waals surface area contributed by atoms with Crippen LogP contribution in [-0.4, -0.2) is 46.4 Å². The van der Waals surface area contributed by atoms with Gasteiger partial charge in [0, 0.05) is 60.8 Å². The Morgan fingerprint density at radius 1 is 0.938 bits per heavy atom. The number of rotatable bonds is 9. The highest BCUT2D eigenvalue weighted by Crippen LogP contribution is 2.34. The molecule has 0 unspecified atom stereocenters. The van der Waals surface area contributed by atoms with Crippen LogP contribution < -0.4 is 14.4 Å². The number of nitrogens with zero attached hydrogens (tertiary/aromatic N) is 5. The second kappa shape index (κ2) is 9.87. The van der Waals surface area contributed by atoms with E-state index in [2.05, 4.69) is 27.1 Å². The van der Waals surface area contributed by atoms with Crippen LogP contribution >= 0.6 is 11.6 Å². The van der Waals surface area contributed by atoms with Gasteiger partial charge in [-0.15, -0.1) is 11.6 Å². The molecule has 2 aromatic carbocycles. The number of methoxy groups -OCH3 is 2. The average Bonchev–Trinajstić information content (AvgIpc) is 3.27. The normalized spacial score (nSPS) is 11.0. The molecule has 166 valence electrons. The zero-order chi connectivity index (χ0) is 22.5. The third-order valence-electron chi connectivity index (χ3n) is 5.25. The van der Waals surface area contributed by atoms with Gasteiger partial charge in [0.05, 0.1) is 43.3 Å². The summed E-state index contributed by atoms with van der Waals surface area (Å²) >= 11 is 5.94. The zero-order valence-electron chi connectivity index (χ0n) is 18.5. The van der Waals surface area contributed by atoms with E-state index in [9.17, 15) is 0 Å². The van der Waals surface area contributed by atoms with E-state index in [1.165, 1.54) is 0 Å². The lowest BCUT2D eigenvalue weighted by molar-refractivity contribution is 0.394. The van der Waals surface area contributed by atoms with Gasteiger partial charge >= 0.3 is 0 Å². The number of hydrogen-bond donors (Lipinski definition) is 0. The van der Waals surface area contributed by atoms with E-state index in [1.807, 2.05) is 37.5 Å². The van der Waals surface area contributed by atoms with Crippen molar-refractivity contribution in [2.75, 3.05) is 31.5 Å². The fourth-order valence-corrected chi connectivity index (χ4v) is 3.77. The summed E-state index contributed by atoms with van der Waals surface area (Å²) in [7, 11) is 5.20. The fourth-order valence-electron chi connectivity index (χ4n) is 3.58. The number of ether oxygens (including phenoxy) is 2. The molecule has 2 heterocycles. The number of unbranched alkanes of at least 4 members (excludes halogenated alkanes) is 1. The minimum Gasteiger partial charge on any atom is -0.497 e. The van der Waals surface area contributed by atoms with Gasteiger partial charge in [-0.3, -0.25) is 9.67 Å². The number of fused-ring (bicyclic) bond motifs is 1. The quantitative estimate of drug-likeness (QED) is 0.257. The highest BCUT2D eigenvalue weighted by Gasteiger charge is 2.14. The van der Waals surface area contributed by atoms with Crippen molar-refractivity contribution in [2.45, 2.75) is 12.8 Å². The fraction of sp³-hybridized carbons (Fsp3) is 0.292. The van der Waals surface area contributed by atoms with Gasteiger partial charge in [0.15, 0.2) is 0 Å². The molecule has 0 radical (unpaired) electrons. The molecular weight excluding hydrogens is 426 g/mol. The number of hydrogen-bond acceptors (Lipinski definition) is 6. The first-order valence-corrected chi connectivity index (χ1v) is 11.0. The van der Waals surface area contributed by atoms with Gasteiger partial charge in [0.2, 0.25) is 0 Å². The van der Waals surface area contributed by atoms with Gasteiger partial charge in [-0.2, -0.15) is 5.10 Å². The van der Waals surface area contributed by atoms with Crippen molar-refractivity contribution in [2.24, 2.45) is 7.05 Å². The van der Waals surface area contributed by atoms with Gasteiger partial charge in [-0.05, 0) is 31.0 Å². The largest absolute Gasteiger partial charge is 0.497 e. The minimum atomic E-state index is 0.632. The van der Waals surface area contributed by atoms with Crippen molar-refractivity contribution in [3.63, 3.8) is 0 Å². The SMILES string of the molecule is COc1cc(OC)cc(N(CCCCCl)c2ccc3ncc(-c4cnn(C)c4)nc3c2)c1. The van der Waals surface area contributed by atoms with Crippen LogP contribution in [0.15, 0.2) is 55.0 Å². The number of halogens is 1. The van der Waals surface area contributed by atoms with Gasteiger partial charge in [0.25, 0.3) is 0 Å². The van der Waals surface area contributed by atoms with Crippen LogP contribution in [0.3, 0.4) is 0 Å². The van der Waals surface area contributed by atoms with E-state index in [0.29, 0.717) is 5.88 Å². The molecule has 0 atom stereocenters. The molecule has 0 saturated carbocycles. The molecular formula is C24H26ClN5O2. The van der Waals surface area contributed by atoms with Crippen molar-refractivity contribution < 1.29 is 9.47 Å². The summed E-state index contributed by atoms with van der Waals surface area (Å²) in [5, 5.41) is 4.24. The van der Waals surface area contributed by atoms with E-state index in [1.54, 1.807) is 31.3 Å². The van der Waals surface area contributed by atoms with E-state index in [0.717, 1.165) is 64.6 Å². The van der Waals surface area contributed by atoms with Gasteiger partial charge in [-0.1, -0.05) is 0 Å². The molecule has 0 spiro atoms. The Bertz CT molecular complexity index is 1190. The molecule has 0 saturated heterocycles. The summed E-state index contributed by atoms with van der Waals surface area (Å²) in [4.78, 5) is 11.7. The van der Waals surface area contributed by atoms with Gasteiger partial charge < -0.3 is 14.4 Å². The van der Waals surface area contributed by atoms with Crippen molar-refractivity contribution in [1.29, 1.82) is 0 Å². The Kier molecular flexibility index (Phi) is 6.75. The zero-order valence-corrected chi connectivity index (χ0v) is 19.2. The molecule has 32 heavy (non-hydrogen) atoms. The van der Waals surface area contributed by atoms with Gasteiger partial charge in [-0.25, -0.2) is 4.98 Å². The van der Waals surface area contributed by atoms with E-state index in [4.69, 9.17) is 26.1 Å². The summed E-state index contributed by atoms with van der Waals surface area (Å²) in [5.74, 6) is 2.11. The Morgan fingerprint density at radius 3 is 2.38 bits per heavy atom. The van der Waals surface area contributed by atoms with Crippen LogP contribution in [0, 0.1) is 0 Å². The number of benzene rings is 2. The van der Waals surface area contributed by atoms with Crippen molar-refractivity contribution in [1.82, 2.24) is 19.7 Å². The second-order valence-corrected chi connectivity index (χ2v) is 7.83. The Morgan fingerprint density at radius 2 is 1.72 bits per heavy atom. The highest BCUT2D eigenvalue weighted by molar-refractivity contribution is 6.17. The van der Waals surface area contributed by atoms with Crippen LogP contribution in [0.2, 0.25) is 0 Å². The Hall–Kier alpha value is -3.32. The van der Waals surface area contributed by atoms with E-state index >= 15 is 0 Å². The molecule has 8 heteroatoms. The molecule has 0 aliphatic rings. The standard InChI is InChI=1S/C24H26ClN5O2/c1-29-16-17(14-27-29)24-15-26-22-7-6-18(12-23(22)28-24)30(9-5-4-8-25)19-10-20(31-2)13-21(11-19)32-3/h6-7,10-16H,4-5,8-9H2,1-3H3. The Labute approximate surface area is 192 Å². The predicted molar refractivity (Wildman–Crippen MR) is 128 cm³/mol. The molecule has 0 bridgehead atoms. The number of aromatic nitrogens is 4. The van der Waals surface area contributed by atoms with Crippen LogP contribution in [0.1, 0.15) is 12.8 Å². The smallest absolute Gasteiger partial charge is 0.124 e. The number of anilines is 2. The van der Waals surface area contributed by atoms with E-state index < -0.39 is 0 Å².